The third-order valence-corrected chi connectivity index (χ3v) is 4.22. The Morgan fingerprint density at radius 1 is 1.27 bits per heavy atom. The van der Waals surface area contributed by atoms with Crippen LogP contribution in [0.3, 0.4) is 0 Å². The van der Waals surface area contributed by atoms with Gasteiger partial charge in [-0.15, -0.1) is 0 Å². The van der Waals surface area contributed by atoms with Gasteiger partial charge >= 0.3 is 0 Å². The minimum Gasteiger partial charge on any atom is -0.355 e. The van der Waals surface area contributed by atoms with E-state index >= 15 is 0 Å². The summed E-state index contributed by atoms with van der Waals surface area (Å²) in [5.41, 5.74) is 0.798. The van der Waals surface area contributed by atoms with Crippen molar-refractivity contribution in [2.24, 2.45) is 0 Å². The van der Waals surface area contributed by atoms with E-state index in [0.717, 1.165) is 29.8 Å². The van der Waals surface area contributed by atoms with Crippen LogP contribution >= 0.6 is 0 Å². The zero-order valence-corrected chi connectivity index (χ0v) is 13.7. The van der Waals surface area contributed by atoms with Crippen molar-refractivity contribution in [2.75, 3.05) is 23.7 Å². The van der Waals surface area contributed by atoms with Gasteiger partial charge < -0.3 is 5.32 Å². The number of nitrogens with one attached hydrogen (secondary N) is 1. The Morgan fingerprint density at radius 3 is 2.41 bits per heavy atom. The molecule has 1 rings (SSSR count). The molecule has 1 amide bonds. The van der Waals surface area contributed by atoms with Gasteiger partial charge in [-0.1, -0.05) is 19.8 Å². The monoisotopic (exact) mass is 323 g/mol. The number of anilines is 1. The van der Waals surface area contributed by atoms with Gasteiger partial charge in [0.2, 0.25) is 15.9 Å². The summed E-state index contributed by atoms with van der Waals surface area (Å²) < 4.78 is 24.8. The van der Waals surface area contributed by atoms with Crippen LogP contribution in [0.4, 0.5) is 5.69 Å². The number of amides is 1. The summed E-state index contributed by atoms with van der Waals surface area (Å²) in [4.78, 5) is 11.9. The van der Waals surface area contributed by atoms with E-state index in [9.17, 15) is 13.2 Å². The fourth-order valence-electron chi connectivity index (χ4n) is 1.89. The molecular weight excluding hydrogens is 302 g/mol. The first-order chi connectivity index (χ1) is 10.4. The first-order valence-electron chi connectivity index (χ1n) is 7.13. The summed E-state index contributed by atoms with van der Waals surface area (Å²) in [6, 6.07) is 8.04. The number of carbonyl (C=O) groups excluding carboxylic acids is 1. The Morgan fingerprint density at radius 2 is 1.91 bits per heavy atom. The van der Waals surface area contributed by atoms with Crippen molar-refractivity contribution in [1.29, 1.82) is 5.26 Å². The summed E-state index contributed by atoms with van der Waals surface area (Å²) in [5.74, 6) is -0.342. The van der Waals surface area contributed by atoms with Gasteiger partial charge in [0.05, 0.1) is 23.6 Å². The zero-order valence-electron chi connectivity index (χ0n) is 12.9. The van der Waals surface area contributed by atoms with Crippen molar-refractivity contribution in [1.82, 2.24) is 5.32 Å². The van der Waals surface area contributed by atoms with Gasteiger partial charge in [0, 0.05) is 6.54 Å². The fraction of sp³-hybridized carbons (Fsp3) is 0.467. The Labute approximate surface area is 131 Å². The molecule has 0 aliphatic carbocycles. The van der Waals surface area contributed by atoms with Gasteiger partial charge in [-0.25, -0.2) is 8.42 Å². The zero-order chi connectivity index (χ0) is 16.6. The summed E-state index contributed by atoms with van der Waals surface area (Å²) in [6.45, 7) is 2.34. The van der Waals surface area contributed by atoms with Crippen LogP contribution in [0.15, 0.2) is 24.3 Å². The highest BCUT2D eigenvalue weighted by Crippen LogP contribution is 2.17. The number of unbranched alkanes of at least 4 members (excludes halogenated alkanes) is 2. The summed E-state index contributed by atoms with van der Waals surface area (Å²) in [6.07, 6.45) is 4.00. The van der Waals surface area contributed by atoms with Gasteiger partial charge in [0.25, 0.3) is 0 Å². The average Bonchev–Trinajstić information content (AvgIpc) is 2.48. The van der Waals surface area contributed by atoms with Crippen molar-refractivity contribution >= 4 is 21.6 Å². The molecule has 1 aromatic carbocycles. The maximum atomic E-state index is 11.9. The van der Waals surface area contributed by atoms with Gasteiger partial charge in [-0.2, -0.15) is 5.26 Å². The first-order valence-corrected chi connectivity index (χ1v) is 8.98. The molecule has 7 heteroatoms. The molecule has 120 valence electrons. The molecule has 0 bridgehead atoms. The van der Waals surface area contributed by atoms with E-state index in [4.69, 9.17) is 5.26 Å². The molecule has 1 N–H and O–H groups in total. The smallest absolute Gasteiger partial charge is 0.240 e. The van der Waals surface area contributed by atoms with Crippen molar-refractivity contribution in [3.63, 3.8) is 0 Å². The van der Waals surface area contributed by atoms with Crippen LogP contribution in [0.5, 0.6) is 0 Å². The number of hydrogen-bond acceptors (Lipinski definition) is 4. The molecular formula is C15H21N3O3S. The summed E-state index contributed by atoms with van der Waals surface area (Å²) in [5, 5.41) is 11.5. The van der Waals surface area contributed by atoms with Crippen molar-refractivity contribution in [3.05, 3.63) is 29.8 Å². The quantitative estimate of drug-likeness (QED) is 0.736. The predicted molar refractivity (Wildman–Crippen MR) is 85.9 cm³/mol. The molecule has 0 saturated carbocycles. The van der Waals surface area contributed by atoms with Crippen LogP contribution in [-0.4, -0.2) is 33.7 Å². The standard InChI is InChI=1S/C15H21N3O3S/c1-3-4-5-10-17-15(19)12-18(22(2,20)21)14-8-6-13(11-16)7-9-14/h6-9H,3-5,10,12H2,1-2H3,(H,17,19). The number of rotatable bonds is 8. The van der Waals surface area contributed by atoms with Gasteiger partial charge in [-0.05, 0) is 30.7 Å². The van der Waals surface area contributed by atoms with E-state index in [1.165, 1.54) is 24.3 Å². The third-order valence-electron chi connectivity index (χ3n) is 3.07. The van der Waals surface area contributed by atoms with Crippen molar-refractivity contribution < 1.29 is 13.2 Å². The number of carbonyl (C=O) groups is 1. The third kappa shape index (κ3) is 5.74. The van der Waals surface area contributed by atoms with E-state index in [2.05, 4.69) is 12.2 Å². The van der Waals surface area contributed by atoms with Crippen LogP contribution in [0.1, 0.15) is 31.7 Å². The summed E-state index contributed by atoms with van der Waals surface area (Å²) in [7, 11) is -3.58. The molecule has 0 aromatic heterocycles. The number of benzene rings is 1. The molecule has 0 aliphatic rings. The van der Waals surface area contributed by atoms with Crippen molar-refractivity contribution in [3.8, 4) is 6.07 Å². The lowest BCUT2D eigenvalue weighted by Gasteiger charge is -2.21. The molecule has 22 heavy (non-hydrogen) atoms. The van der Waals surface area contributed by atoms with Crippen LogP contribution < -0.4 is 9.62 Å². The second kappa shape index (κ2) is 8.39. The molecule has 0 atom stereocenters. The van der Waals surface area contributed by atoms with E-state index in [1.54, 1.807) is 0 Å². The SMILES string of the molecule is CCCCCNC(=O)CN(c1ccc(C#N)cc1)S(C)(=O)=O. The minimum atomic E-state index is -3.58. The molecule has 0 aliphatic heterocycles. The molecule has 0 unspecified atom stereocenters. The second-order valence-corrected chi connectivity index (χ2v) is 6.89. The Balaban J connectivity index is 2.77. The van der Waals surface area contributed by atoms with Crippen LogP contribution in [0, 0.1) is 11.3 Å². The lowest BCUT2D eigenvalue weighted by atomic mass is 10.2. The molecule has 0 radical (unpaired) electrons. The highest BCUT2D eigenvalue weighted by molar-refractivity contribution is 7.92. The summed E-state index contributed by atoms with van der Waals surface area (Å²) >= 11 is 0. The molecule has 0 fully saturated rings. The van der Waals surface area contributed by atoms with Crippen LogP contribution in [0.25, 0.3) is 0 Å². The van der Waals surface area contributed by atoms with Crippen molar-refractivity contribution in [2.45, 2.75) is 26.2 Å². The second-order valence-electron chi connectivity index (χ2n) is 4.99. The van der Waals surface area contributed by atoms with Gasteiger partial charge in [-0.3, -0.25) is 9.10 Å². The normalized spacial score (nSPS) is 10.8. The van der Waals surface area contributed by atoms with Gasteiger partial charge in [0.1, 0.15) is 6.54 Å². The van der Waals surface area contributed by atoms with E-state index in [-0.39, 0.29) is 12.5 Å². The van der Waals surface area contributed by atoms with E-state index in [0.29, 0.717) is 17.8 Å². The number of sulfonamides is 1. The molecule has 6 nitrogen and oxygen atoms in total. The maximum Gasteiger partial charge on any atom is 0.240 e. The first kappa shape index (κ1) is 18.0. The number of nitriles is 1. The minimum absolute atomic E-state index is 0.267. The lowest BCUT2D eigenvalue weighted by molar-refractivity contribution is -0.119. The lowest BCUT2D eigenvalue weighted by Crippen LogP contribution is -2.40. The average molecular weight is 323 g/mol. The molecule has 0 spiro atoms. The molecule has 1 aromatic rings. The number of nitrogens with zero attached hydrogens (tertiary/aromatic N) is 2. The largest absolute Gasteiger partial charge is 0.355 e. The molecule has 0 heterocycles. The highest BCUT2D eigenvalue weighted by atomic mass is 32.2. The Kier molecular flexibility index (Phi) is 6.86. The van der Waals surface area contributed by atoms with Gasteiger partial charge in [0.15, 0.2) is 0 Å². The Hall–Kier alpha value is -2.07. The van der Waals surface area contributed by atoms with Crippen LogP contribution in [0.2, 0.25) is 0 Å². The maximum absolute atomic E-state index is 11.9. The van der Waals surface area contributed by atoms with Crippen LogP contribution in [-0.2, 0) is 14.8 Å². The van der Waals surface area contributed by atoms with E-state index < -0.39 is 10.0 Å². The van der Waals surface area contributed by atoms with E-state index in [1.807, 2.05) is 6.07 Å². The predicted octanol–water partition coefficient (Wildman–Crippen LogP) is 1.63. The highest BCUT2D eigenvalue weighted by Gasteiger charge is 2.20. The molecule has 0 saturated heterocycles. The Bertz CT molecular complexity index is 633. The fourth-order valence-corrected chi connectivity index (χ4v) is 2.75. The number of hydrogen-bond donors (Lipinski definition) is 1. The topological polar surface area (TPSA) is 90.3 Å².